The van der Waals surface area contributed by atoms with E-state index < -0.39 is 5.54 Å². The van der Waals surface area contributed by atoms with Gasteiger partial charge in [0.15, 0.2) is 0 Å². The van der Waals surface area contributed by atoms with Crippen LogP contribution in [0.2, 0.25) is 0 Å². The Morgan fingerprint density at radius 1 is 1.46 bits per heavy atom. The number of nitrogens with two attached hydrogens (primary N) is 1. The second kappa shape index (κ2) is 4.61. The van der Waals surface area contributed by atoms with Crippen LogP contribution in [0.15, 0.2) is 0 Å². The van der Waals surface area contributed by atoms with Crippen molar-refractivity contribution < 1.29 is 4.79 Å². The van der Waals surface area contributed by atoms with Gasteiger partial charge in [-0.1, -0.05) is 0 Å². The zero-order valence-corrected chi connectivity index (χ0v) is 9.42. The van der Waals surface area contributed by atoms with Crippen molar-refractivity contribution in [2.75, 3.05) is 6.54 Å². The van der Waals surface area contributed by atoms with Gasteiger partial charge in [0.1, 0.15) is 0 Å². The van der Waals surface area contributed by atoms with Gasteiger partial charge in [0.05, 0.1) is 0 Å². The van der Waals surface area contributed by atoms with Crippen LogP contribution in [-0.2, 0) is 4.79 Å². The normalized spacial score (nSPS) is 11.9. The highest BCUT2D eigenvalue weighted by molar-refractivity contribution is 5.77. The van der Waals surface area contributed by atoms with Gasteiger partial charge in [-0.2, -0.15) is 0 Å². The molecule has 0 aliphatic rings. The second-order valence-electron chi connectivity index (χ2n) is 4.44. The van der Waals surface area contributed by atoms with Crippen molar-refractivity contribution in [1.29, 1.82) is 0 Å². The summed E-state index contributed by atoms with van der Waals surface area (Å²) in [5, 5.41) is 0. The monoisotopic (exact) mass is 186 g/mol. The molecule has 0 aromatic rings. The average molecular weight is 186 g/mol. The first-order chi connectivity index (χ1) is 5.78. The molecule has 0 aromatic heterocycles. The van der Waals surface area contributed by atoms with Crippen LogP contribution in [0.3, 0.4) is 0 Å². The predicted molar refractivity (Wildman–Crippen MR) is 55.4 cm³/mol. The Labute approximate surface area is 81.3 Å². The molecule has 0 aliphatic carbocycles. The maximum atomic E-state index is 11.7. The summed E-state index contributed by atoms with van der Waals surface area (Å²) in [6.45, 7) is 10.5. The molecule has 13 heavy (non-hydrogen) atoms. The summed E-state index contributed by atoms with van der Waals surface area (Å²) >= 11 is 0. The number of amides is 1. The third kappa shape index (κ3) is 4.88. The van der Waals surface area contributed by atoms with Crippen LogP contribution in [0.25, 0.3) is 0 Å². The Morgan fingerprint density at radius 2 is 1.92 bits per heavy atom. The molecular formula is C10H22N2O. The Morgan fingerprint density at radius 3 is 2.15 bits per heavy atom. The van der Waals surface area contributed by atoms with Crippen molar-refractivity contribution in [2.24, 2.45) is 5.73 Å². The minimum atomic E-state index is -0.403. The van der Waals surface area contributed by atoms with E-state index in [4.69, 9.17) is 5.73 Å². The lowest BCUT2D eigenvalue weighted by Crippen LogP contribution is -2.43. The first-order valence-corrected chi connectivity index (χ1v) is 4.86. The summed E-state index contributed by atoms with van der Waals surface area (Å²) in [7, 11) is 0. The molecule has 0 saturated carbocycles. The van der Waals surface area contributed by atoms with E-state index in [-0.39, 0.29) is 11.9 Å². The van der Waals surface area contributed by atoms with E-state index in [1.54, 1.807) is 0 Å². The smallest absolute Gasteiger partial charge is 0.224 e. The Hall–Kier alpha value is -0.570. The standard InChI is InChI=1S/C10H22N2O/c1-6-12(8(2)3)9(13)7-10(4,5)11/h8H,6-7,11H2,1-5H3. The van der Waals surface area contributed by atoms with Crippen LogP contribution in [0.1, 0.15) is 41.0 Å². The van der Waals surface area contributed by atoms with E-state index >= 15 is 0 Å². The average Bonchev–Trinajstić information content (AvgIpc) is 1.82. The molecule has 2 N–H and O–H groups in total. The first kappa shape index (κ1) is 12.4. The number of carbonyl (C=O) groups excluding carboxylic acids is 1. The maximum Gasteiger partial charge on any atom is 0.224 e. The number of hydrogen-bond donors (Lipinski definition) is 1. The molecule has 0 atom stereocenters. The van der Waals surface area contributed by atoms with Crippen molar-refractivity contribution in [1.82, 2.24) is 4.90 Å². The van der Waals surface area contributed by atoms with Crippen LogP contribution in [0.5, 0.6) is 0 Å². The number of hydrogen-bond acceptors (Lipinski definition) is 2. The van der Waals surface area contributed by atoms with E-state index in [9.17, 15) is 4.79 Å². The third-order valence-electron chi connectivity index (χ3n) is 1.89. The van der Waals surface area contributed by atoms with Gasteiger partial charge in [0.25, 0.3) is 0 Å². The molecule has 0 saturated heterocycles. The van der Waals surface area contributed by atoms with E-state index in [2.05, 4.69) is 0 Å². The molecule has 0 fully saturated rings. The lowest BCUT2D eigenvalue weighted by Gasteiger charge is -2.28. The van der Waals surface area contributed by atoms with E-state index in [0.717, 1.165) is 6.54 Å². The van der Waals surface area contributed by atoms with Crippen molar-refractivity contribution in [3.8, 4) is 0 Å². The lowest BCUT2D eigenvalue weighted by molar-refractivity contribution is -0.133. The highest BCUT2D eigenvalue weighted by atomic mass is 16.2. The molecule has 1 amide bonds. The van der Waals surface area contributed by atoms with E-state index in [1.165, 1.54) is 0 Å². The van der Waals surface area contributed by atoms with Gasteiger partial charge in [0.2, 0.25) is 5.91 Å². The van der Waals surface area contributed by atoms with Gasteiger partial charge < -0.3 is 10.6 Å². The first-order valence-electron chi connectivity index (χ1n) is 4.86. The molecule has 3 nitrogen and oxygen atoms in total. The summed E-state index contributed by atoms with van der Waals surface area (Å²) < 4.78 is 0. The van der Waals surface area contributed by atoms with Gasteiger partial charge in [-0.25, -0.2) is 0 Å². The van der Waals surface area contributed by atoms with Crippen molar-refractivity contribution in [3.05, 3.63) is 0 Å². The molecule has 0 unspecified atom stereocenters. The minimum Gasteiger partial charge on any atom is -0.340 e. The molecule has 0 rings (SSSR count). The highest BCUT2D eigenvalue weighted by Gasteiger charge is 2.21. The number of nitrogens with zero attached hydrogens (tertiary/aromatic N) is 1. The fourth-order valence-electron chi connectivity index (χ4n) is 1.32. The third-order valence-corrected chi connectivity index (χ3v) is 1.89. The molecule has 78 valence electrons. The zero-order chi connectivity index (χ0) is 10.6. The summed E-state index contributed by atoms with van der Waals surface area (Å²) in [6, 6.07) is 0.264. The minimum absolute atomic E-state index is 0.144. The Kier molecular flexibility index (Phi) is 4.40. The molecule has 0 bridgehead atoms. The van der Waals surface area contributed by atoms with Gasteiger partial charge in [-0.05, 0) is 34.6 Å². The van der Waals surface area contributed by atoms with Crippen molar-refractivity contribution >= 4 is 5.91 Å². The molecule has 3 heteroatoms. The molecule has 0 heterocycles. The van der Waals surface area contributed by atoms with Crippen LogP contribution in [0.4, 0.5) is 0 Å². The van der Waals surface area contributed by atoms with Crippen molar-refractivity contribution in [2.45, 2.75) is 52.6 Å². The van der Waals surface area contributed by atoms with Gasteiger partial charge in [0, 0.05) is 24.5 Å². The topological polar surface area (TPSA) is 46.3 Å². The molecular weight excluding hydrogens is 164 g/mol. The van der Waals surface area contributed by atoms with Crippen LogP contribution < -0.4 is 5.73 Å². The fraction of sp³-hybridized carbons (Fsp3) is 0.900. The second-order valence-corrected chi connectivity index (χ2v) is 4.44. The summed E-state index contributed by atoms with van der Waals surface area (Å²) in [6.07, 6.45) is 0.416. The van der Waals surface area contributed by atoms with Crippen LogP contribution in [-0.4, -0.2) is 28.9 Å². The van der Waals surface area contributed by atoms with E-state index in [0.29, 0.717) is 6.42 Å². The highest BCUT2D eigenvalue weighted by Crippen LogP contribution is 2.09. The van der Waals surface area contributed by atoms with Crippen LogP contribution in [0, 0.1) is 0 Å². The van der Waals surface area contributed by atoms with Crippen molar-refractivity contribution in [3.63, 3.8) is 0 Å². The maximum absolute atomic E-state index is 11.7. The SMILES string of the molecule is CCN(C(=O)CC(C)(C)N)C(C)C. The lowest BCUT2D eigenvalue weighted by atomic mass is 10.0. The predicted octanol–water partition coefficient (Wildman–Crippen LogP) is 1.37. The van der Waals surface area contributed by atoms with Gasteiger partial charge >= 0.3 is 0 Å². The van der Waals surface area contributed by atoms with Gasteiger partial charge in [-0.15, -0.1) is 0 Å². The van der Waals surface area contributed by atoms with Gasteiger partial charge in [-0.3, -0.25) is 4.79 Å². The quantitative estimate of drug-likeness (QED) is 0.720. The summed E-state index contributed by atoms with van der Waals surface area (Å²) in [5.41, 5.74) is 5.38. The molecule has 0 spiro atoms. The Bertz CT molecular complexity index is 170. The Balaban J connectivity index is 4.23. The largest absolute Gasteiger partial charge is 0.340 e. The fourth-order valence-corrected chi connectivity index (χ4v) is 1.32. The van der Waals surface area contributed by atoms with Crippen LogP contribution >= 0.6 is 0 Å². The number of rotatable bonds is 4. The zero-order valence-electron chi connectivity index (χ0n) is 9.42. The molecule has 0 aromatic carbocycles. The molecule has 0 aliphatic heterocycles. The number of carbonyl (C=O) groups is 1. The summed E-state index contributed by atoms with van der Waals surface area (Å²) in [5.74, 6) is 0.144. The molecule has 0 radical (unpaired) electrons. The van der Waals surface area contributed by atoms with E-state index in [1.807, 2.05) is 39.5 Å². The summed E-state index contributed by atoms with van der Waals surface area (Å²) in [4.78, 5) is 13.5.